The van der Waals surface area contributed by atoms with Gasteiger partial charge in [0, 0.05) is 38.1 Å². The average molecular weight is 509 g/mol. The molecule has 2 saturated heterocycles. The van der Waals surface area contributed by atoms with E-state index in [1.807, 2.05) is 31.2 Å². The van der Waals surface area contributed by atoms with Crippen molar-refractivity contribution >= 4 is 32.7 Å². The van der Waals surface area contributed by atoms with Crippen LogP contribution in [-0.2, 0) is 26.1 Å². The number of aryl methyl sites for hydroxylation is 1. The Labute approximate surface area is 212 Å². The van der Waals surface area contributed by atoms with Gasteiger partial charge in [0.25, 0.3) is 0 Å². The smallest absolute Gasteiger partial charge is 0.243 e. The van der Waals surface area contributed by atoms with Crippen LogP contribution in [0.1, 0.15) is 24.0 Å². The van der Waals surface area contributed by atoms with Gasteiger partial charge in [0.2, 0.25) is 15.9 Å². The van der Waals surface area contributed by atoms with Gasteiger partial charge in [0.15, 0.2) is 0 Å². The highest BCUT2D eigenvalue weighted by molar-refractivity contribution is 7.89. The van der Waals surface area contributed by atoms with E-state index in [1.165, 1.54) is 9.87 Å². The number of ether oxygens (including phenoxy) is 1. The van der Waals surface area contributed by atoms with Gasteiger partial charge in [-0.15, -0.1) is 0 Å². The molecule has 8 nitrogen and oxygen atoms in total. The largest absolute Gasteiger partial charge is 0.379 e. The van der Waals surface area contributed by atoms with Crippen molar-refractivity contribution in [2.24, 2.45) is 5.92 Å². The van der Waals surface area contributed by atoms with Crippen molar-refractivity contribution < 1.29 is 17.9 Å². The van der Waals surface area contributed by atoms with Crippen molar-refractivity contribution in [2.75, 3.05) is 44.3 Å². The van der Waals surface area contributed by atoms with Crippen molar-refractivity contribution in [3.63, 3.8) is 0 Å². The predicted octanol–water partition coefficient (Wildman–Crippen LogP) is 3.10. The lowest BCUT2D eigenvalue weighted by Gasteiger charge is -2.33. The van der Waals surface area contributed by atoms with Crippen molar-refractivity contribution in [3.05, 3.63) is 65.7 Å². The fourth-order valence-electron chi connectivity index (χ4n) is 4.80. The standard InChI is InChI=1S/C27H32N4O4S/c1-20-4-6-21(7-5-20)18-28-27(32)23-3-2-12-30(19-23)26-11-8-22-17-24(9-10-25(22)29-26)36(33,34)31-13-15-35-16-14-31/h4-11,17,23H,2-3,12-16,18-19H2,1H3,(H,28,32)/t23-/m0/s1. The first kappa shape index (κ1) is 24.7. The summed E-state index contributed by atoms with van der Waals surface area (Å²) < 4.78 is 32.8. The number of carbonyl (C=O) groups excluding carboxylic acids is 1. The van der Waals surface area contributed by atoms with E-state index in [2.05, 4.69) is 22.3 Å². The molecule has 0 saturated carbocycles. The summed E-state index contributed by atoms with van der Waals surface area (Å²) in [6, 6.07) is 17.1. The Balaban J connectivity index is 1.26. The van der Waals surface area contributed by atoms with Crippen LogP contribution in [-0.4, -0.2) is 63.0 Å². The summed E-state index contributed by atoms with van der Waals surface area (Å²) >= 11 is 0. The number of amides is 1. The van der Waals surface area contributed by atoms with Gasteiger partial charge in [-0.25, -0.2) is 13.4 Å². The lowest BCUT2D eigenvalue weighted by Crippen LogP contribution is -2.43. The second-order valence-electron chi connectivity index (χ2n) is 9.53. The molecule has 0 aliphatic carbocycles. The van der Waals surface area contributed by atoms with E-state index in [-0.39, 0.29) is 16.7 Å². The SMILES string of the molecule is Cc1ccc(CNC(=O)[C@H]2CCCN(c3ccc4cc(S(=O)(=O)N5CCOCC5)ccc4n3)C2)cc1. The summed E-state index contributed by atoms with van der Waals surface area (Å²) in [5.74, 6) is 0.782. The molecule has 1 amide bonds. The number of benzene rings is 2. The number of nitrogens with one attached hydrogen (secondary N) is 1. The van der Waals surface area contributed by atoms with Gasteiger partial charge < -0.3 is 15.0 Å². The Morgan fingerprint density at radius 1 is 1.06 bits per heavy atom. The maximum Gasteiger partial charge on any atom is 0.243 e. The number of hydrogen-bond acceptors (Lipinski definition) is 6. The van der Waals surface area contributed by atoms with E-state index in [1.54, 1.807) is 18.2 Å². The monoisotopic (exact) mass is 508 g/mol. The second kappa shape index (κ2) is 10.5. The van der Waals surface area contributed by atoms with Crippen molar-refractivity contribution in [1.82, 2.24) is 14.6 Å². The van der Waals surface area contributed by atoms with Gasteiger partial charge in [-0.05, 0) is 55.7 Å². The highest BCUT2D eigenvalue weighted by Gasteiger charge is 2.28. The third-order valence-electron chi connectivity index (χ3n) is 6.96. The molecule has 36 heavy (non-hydrogen) atoms. The lowest BCUT2D eigenvalue weighted by atomic mass is 9.97. The fourth-order valence-corrected chi connectivity index (χ4v) is 6.25. The number of aromatic nitrogens is 1. The number of fused-ring (bicyclic) bond motifs is 1. The van der Waals surface area contributed by atoms with E-state index in [4.69, 9.17) is 9.72 Å². The zero-order valence-corrected chi connectivity index (χ0v) is 21.3. The maximum absolute atomic E-state index is 13.0. The second-order valence-corrected chi connectivity index (χ2v) is 11.5. The van der Waals surface area contributed by atoms with Gasteiger partial charge in [-0.3, -0.25) is 4.79 Å². The van der Waals surface area contributed by atoms with Crippen LogP contribution in [0.5, 0.6) is 0 Å². The molecule has 0 spiro atoms. The van der Waals surface area contributed by atoms with E-state index in [0.717, 1.165) is 41.7 Å². The minimum atomic E-state index is -3.56. The number of carbonyl (C=O) groups is 1. The summed E-state index contributed by atoms with van der Waals surface area (Å²) in [4.78, 5) is 20.1. The van der Waals surface area contributed by atoms with Crippen LogP contribution in [0, 0.1) is 12.8 Å². The van der Waals surface area contributed by atoms with Gasteiger partial charge >= 0.3 is 0 Å². The zero-order valence-electron chi connectivity index (χ0n) is 20.5. The van der Waals surface area contributed by atoms with Crippen LogP contribution in [0.25, 0.3) is 10.9 Å². The van der Waals surface area contributed by atoms with Gasteiger partial charge in [-0.2, -0.15) is 4.31 Å². The fraction of sp³-hybridized carbons (Fsp3) is 0.407. The summed E-state index contributed by atoms with van der Waals surface area (Å²) in [5.41, 5.74) is 3.03. The van der Waals surface area contributed by atoms with E-state index in [0.29, 0.717) is 39.4 Å². The van der Waals surface area contributed by atoms with Crippen LogP contribution in [0.3, 0.4) is 0 Å². The van der Waals surface area contributed by atoms with Crippen molar-refractivity contribution in [3.8, 4) is 0 Å². The molecule has 5 rings (SSSR count). The minimum absolute atomic E-state index is 0.0685. The van der Waals surface area contributed by atoms with Crippen LogP contribution in [0.2, 0.25) is 0 Å². The van der Waals surface area contributed by atoms with Crippen LogP contribution in [0.4, 0.5) is 5.82 Å². The molecule has 2 aromatic carbocycles. The molecule has 1 N–H and O–H groups in total. The van der Waals surface area contributed by atoms with Crippen molar-refractivity contribution in [2.45, 2.75) is 31.2 Å². The molecule has 1 aromatic heterocycles. The summed E-state index contributed by atoms with van der Waals surface area (Å²) in [7, 11) is -3.56. The molecular formula is C27H32N4O4S. The Morgan fingerprint density at radius 3 is 2.61 bits per heavy atom. The van der Waals surface area contributed by atoms with E-state index >= 15 is 0 Å². The number of pyridine rings is 1. The predicted molar refractivity (Wildman–Crippen MR) is 139 cm³/mol. The number of anilines is 1. The normalized spacial score (nSPS) is 19.4. The van der Waals surface area contributed by atoms with Crippen LogP contribution < -0.4 is 10.2 Å². The molecule has 3 heterocycles. The Morgan fingerprint density at radius 2 is 1.83 bits per heavy atom. The molecular weight excluding hydrogens is 476 g/mol. The molecule has 1 atom stereocenters. The molecule has 2 aliphatic heterocycles. The van der Waals surface area contributed by atoms with Crippen LogP contribution in [0.15, 0.2) is 59.5 Å². The highest BCUT2D eigenvalue weighted by atomic mass is 32.2. The third kappa shape index (κ3) is 5.38. The Kier molecular flexibility index (Phi) is 7.22. The Hall–Kier alpha value is -3.01. The molecule has 2 fully saturated rings. The minimum Gasteiger partial charge on any atom is -0.379 e. The molecule has 0 bridgehead atoms. The van der Waals surface area contributed by atoms with E-state index < -0.39 is 10.0 Å². The number of hydrogen-bond donors (Lipinski definition) is 1. The molecule has 9 heteroatoms. The summed E-state index contributed by atoms with van der Waals surface area (Å²) in [6.45, 7) is 5.59. The molecule has 190 valence electrons. The van der Waals surface area contributed by atoms with Crippen LogP contribution >= 0.6 is 0 Å². The summed E-state index contributed by atoms with van der Waals surface area (Å²) in [5, 5.41) is 3.86. The highest BCUT2D eigenvalue weighted by Crippen LogP contribution is 2.27. The van der Waals surface area contributed by atoms with Gasteiger partial charge in [0.1, 0.15) is 5.82 Å². The molecule has 3 aromatic rings. The average Bonchev–Trinajstić information content (AvgIpc) is 2.92. The number of morpholine rings is 1. The molecule has 0 radical (unpaired) electrons. The topological polar surface area (TPSA) is 91.8 Å². The number of piperidine rings is 1. The third-order valence-corrected chi connectivity index (χ3v) is 8.85. The quantitative estimate of drug-likeness (QED) is 0.550. The Bertz CT molecular complexity index is 1340. The molecule has 2 aliphatic rings. The van der Waals surface area contributed by atoms with Gasteiger partial charge in [0.05, 0.1) is 29.5 Å². The number of nitrogens with zero attached hydrogens (tertiary/aromatic N) is 3. The maximum atomic E-state index is 13.0. The first-order valence-electron chi connectivity index (χ1n) is 12.5. The van der Waals surface area contributed by atoms with E-state index in [9.17, 15) is 13.2 Å². The van der Waals surface area contributed by atoms with Gasteiger partial charge in [-0.1, -0.05) is 29.8 Å². The summed E-state index contributed by atoms with van der Waals surface area (Å²) in [6.07, 6.45) is 1.77. The first-order valence-corrected chi connectivity index (χ1v) is 13.9. The zero-order chi connectivity index (χ0) is 25.1. The number of rotatable bonds is 6. The lowest BCUT2D eigenvalue weighted by molar-refractivity contribution is -0.125. The van der Waals surface area contributed by atoms with Crippen molar-refractivity contribution in [1.29, 1.82) is 0 Å². The molecule has 0 unspecified atom stereocenters. The first-order chi connectivity index (χ1) is 17.4. The number of sulfonamides is 1.